The molecular weight excluding hydrogens is 289 g/mol. The second kappa shape index (κ2) is 5.04. The normalized spacial score (nSPS) is 11.4. The van der Waals surface area contributed by atoms with Crippen LogP contribution in [0.15, 0.2) is 18.2 Å². The van der Waals surface area contributed by atoms with Crippen LogP contribution < -0.4 is 0 Å². The topological polar surface area (TPSA) is 40.5 Å². The number of halogens is 2. The first-order chi connectivity index (χ1) is 7.81. The van der Waals surface area contributed by atoms with Gasteiger partial charge in [-0.25, -0.2) is 4.39 Å². The largest absolute Gasteiger partial charge is 0.507 e. The van der Waals surface area contributed by atoms with Gasteiger partial charge in [0.05, 0.1) is 0 Å². The van der Waals surface area contributed by atoms with Gasteiger partial charge in [-0.3, -0.25) is 4.79 Å². The summed E-state index contributed by atoms with van der Waals surface area (Å²) in [4.78, 5) is 13.5. The van der Waals surface area contributed by atoms with E-state index in [1.54, 1.807) is 7.05 Å². The van der Waals surface area contributed by atoms with Crippen molar-refractivity contribution in [1.82, 2.24) is 4.90 Å². The number of alkyl halides is 1. The predicted molar refractivity (Wildman–Crippen MR) is 68.0 cm³/mol. The second-order valence-corrected chi connectivity index (χ2v) is 5.00. The summed E-state index contributed by atoms with van der Waals surface area (Å²) in [6.45, 7) is 3.69. The van der Waals surface area contributed by atoms with Gasteiger partial charge in [0, 0.05) is 17.9 Å². The Kier molecular flexibility index (Phi) is 4.14. The lowest BCUT2D eigenvalue weighted by molar-refractivity contribution is 0.0655. The number of phenols is 1. The van der Waals surface area contributed by atoms with Crippen molar-refractivity contribution in [2.45, 2.75) is 19.4 Å². The van der Waals surface area contributed by atoms with Gasteiger partial charge in [-0.15, -0.1) is 0 Å². The molecule has 0 spiro atoms. The summed E-state index contributed by atoms with van der Waals surface area (Å²) >= 11 is 3.30. The minimum Gasteiger partial charge on any atom is -0.507 e. The predicted octanol–water partition coefficient (Wildman–Crippen LogP) is 2.78. The van der Waals surface area contributed by atoms with Gasteiger partial charge < -0.3 is 10.0 Å². The molecule has 0 fully saturated rings. The Morgan fingerprint density at radius 2 is 2.12 bits per heavy atom. The summed E-state index contributed by atoms with van der Waals surface area (Å²) < 4.78 is 13.5. The monoisotopic (exact) mass is 303 g/mol. The quantitative estimate of drug-likeness (QED) is 0.872. The molecule has 1 amide bonds. The third kappa shape index (κ3) is 2.77. The van der Waals surface area contributed by atoms with Gasteiger partial charge in [0.1, 0.15) is 17.1 Å². The smallest absolute Gasteiger partial charge is 0.260 e. The molecule has 0 unspecified atom stereocenters. The number of carbonyl (C=O) groups is 1. The second-order valence-electron chi connectivity index (χ2n) is 4.44. The molecule has 3 nitrogen and oxygen atoms in total. The van der Waals surface area contributed by atoms with Gasteiger partial charge >= 0.3 is 0 Å². The molecule has 17 heavy (non-hydrogen) atoms. The maximum atomic E-state index is 13.5. The SMILES string of the molecule is CN(C(=O)c1c(O)cccc1F)C(C)(C)CBr. The number of rotatable bonds is 3. The molecule has 0 radical (unpaired) electrons. The standard InChI is InChI=1S/C12H15BrFNO2/c1-12(2,7-13)15(3)11(17)10-8(14)5-4-6-9(10)16/h4-6,16H,7H2,1-3H3. The Labute approximate surface area is 108 Å². The van der Waals surface area contributed by atoms with E-state index in [0.717, 1.165) is 6.07 Å². The van der Waals surface area contributed by atoms with E-state index >= 15 is 0 Å². The third-order valence-electron chi connectivity index (χ3n) is 2.75. The third-order valence-corrected chi connectivity index (χ3v) is 4.12. The number of amides is 1. The summed E-state index contributed by atoms with van der Waals surface area (Å²) in [5, 5.41) is 10.1. The van der Waals surface area contributed by atoms with Crippen molar-refractivity contribution in [2.75, 3.05) is 12.4 Å². The van der Waals surface area contributed by atoms with Crippen LogP contribution in [-0.2, 0) is 0 Å². The van der Waals surface area contributed by atoms with E-state index in [4.69, 9.17) is 0 Å². The van der Waals surface area contributed by atoms with Crippen molar-refractivity contribution in [3.8, 4) is 5.75 Å². The minimum absolute atomic E-state index is 0.288. The maximum absolute atomic E-state index is 13.5. The number of hydrogen-bond donors (Lipinski definition) is 1. The molecule has 0 atom stereocenters. The maximum Gasteiger partial charge on any atom is 0.260 e. The van der Waals surface area contributed by atoms with Gasteiger partial charge in [0.15, 0.2) is 0 Å². The van der Waals surface area contributed by atoms with Crippen molar-refractivity contribution in [1.29, 1.82) is 0 Å². The highest BCUT2D eigenvalue weighted by Crippen LogP contribution is 2.25. The molecule has 0 heterocycles. The van der Waals surface area contributed by atoms with Gasteiger partial charge in [-0.2, -0.15) is 0 Å². The fraction of sp³-hybridized carbons (Fsp3) is 0.417. The van der Waals surface area contributed by atoms with Gasteiger partial charge in [-0.1, -0.05) is 22.0 Å². The molecule has 94 valence electrons. The Morgan fingerprint density at radius 1 is 1.53 bits per heavy atom. The Hall–Kier alpha value is -1.10. The Morgan fingerprint density at radius 3 is 2.59 bits per heavy atom. The van der Waals surface area contributed by atoms with E-state index < -0.39 is 17.3 Å². The van der Waals surface area contributed by atoms with E-state index in [2.05, 4.69) is 15.9 Å². The molecule has 1 N–H and O–H groups in total. The molecular formula is C12H15BrFNO2. The molecule has 0 bridgehead atoms. The Balaban J connectivity index is 3.14. The van der Waals surface area contributed by atoms with Crippen LogP contribution in [-0.4, -0.2) is 33.8 Å². The average molecular weight is 304 g/mol. The molecule has 0 aromatic heterocycles. The number of hydrogen-bond acceptors (Lipinski definition) is 2. The molecule has 5 heteroatoms. The van der Waals surface area contributed by atoms with E-state index in [-0.39, 0.29) is 11.3 Å². The van der Waals surface area contributed by atoms with Crippen LogP contribution in [0, 0.1) is 5.82 Å². The summed E-state index contributed by atoms with van der Waals surface area (Å²) in [7, 11) is 1.58. The number of nitrogens with zero attached hydrogens (tertiary/aromatic N) is 1. The first kappa shape index (κ1) is 14.0. The summed E-state index contributed by atoms with van der Waals surface area (Å²) in [5.74, 6) is -1.59. The van der Waals surface area contributed by atoms with Crippen LogP contribution in [0.4, 0.5) is 4.39 Å². The van der Waals surface area contributed by atoms with Crippen molar-refractivity contribution in [3.63, 3.8) is 0 Å². The molecule has 1 aromatic rings. The lowest BCUT2D eigenvalue weighted by Gasteiger charge is -2.34. The fourth-order valence-electron chi connectivity index (χ4n) is 1.26. The number of aromatic hydroxyl groups is 1. The molecule has 0 saturated carbocycles. The van der Waals surface area contributed by atoms with E-state index in [1.165, 1.54) is 17.0 Å². The fourth-order valence-corrected chi connectivity index (χ4v) is 1.63. The first-order valence-corrected chi connectivity index (χ1v) is 6.25. The van der Waals surface area contributed by atoms with Crippen LogP contribution >= 0.6 is 15.9 Å². The van der Waals surface area contributed by atoms with Crippen molar-refractivity contribution in [3.05, 3.63) is 29.6 Å². The van der Waals surface area contributed by atoms with E-state index in [1.807, 2.05) is 13.8 Å². The highest BCUT2D eigenvalue weighted by Gasteiger charge is 2.30. The molecule has 1 aromatic carbocycles. The summed E-state index contributed by atoms with van der Waals surface area (Å²) in [6, 6.07) is 3.81. The van der Waals surface area contributed by atoms with Crippen LogP contribution in [0.5, 0.6) is 5.75 Å². The van der Waals surface area contributed by atoms with Gasteiger partial charge in [0.25, 0.3) is 5.91 Å². The lowest BCUT2D eigenvalue weighted by atomic mass is 10.0. The average Bonchev–Trinajstić information content (AvgIpc) is 2.27. The van der Waals surface area contributed by atoms with E-state index in [0.29, 0.717) is 5.33 Å². The van der Waals surface area contributed by atoms with Crippen molar-refractivity contribution >= 4 is 21.8 Å². The molecule has 0 aliphatic rings. The van der Waals surface area contributed by atoms with Crippen LogP contribution in [0.25, 0.3) is 0 Å². The lowest BCUT2D eigenvalue weighted by Crippen LogP contribution is -2.46. The zero-order chi connectivity index (χ0) is 13.2. The van der Waals surface area contributed by atoms with Gasteiger partial charge in [-0.05, 0) is 26.0 Å². The van der Waals surface area contributed by atoms with E-state index in [9.17, 15) is 14.3 Å². The molecule has 0 aliphatic carbocycles. The van der Waals surface area contributed by atoms with Crippen molar-refractivity contribution < 1.29 is 14.3 Å². The zero-order valence-electron chi connectivity index (χ0n) is 10.00. The van der Waals surface area contributed by atoms with Crippen LogP contribution in [0.3, 0.4) is 0 Å². The number of carbonyl (C=O) groups excluding carboxylic acids is 1. The van der Waals surface area contributed by atoms with Gasteiger partial charge in [0.2, 0.25) is 0 Å². The first-order valence-electron chi connectivity index (χ1n) is 5.13. The van der Waals surface area contributed by atoms with Crippen molar-refractivity contribution in [2.24, 2.45) is 0 Å². The number of phenolic OH excluding ortho intramolecular Hbond substituents is 1. The summed E-state index contributed by atoms with van der Waals surface area (Å²) in [5.41, 5.74) is -0.754. The summed E-state index contributed by atoms with van der Waals surface area (Å²) in [6.07, 6.45) is 0. The highest BCUT2D eigenvalue weighted by molar-refractivity contribution is 9.09. The highest BCUT2D eigenvalue weighted by atomic mass is 79.9. The molecule has 1 rings (SSSR count). The molecule has 0 aliphatic heterocycles. The van der Waals surface area contributed by atoms with Crippen LogP contribution in [0.1, 0.15) is 24.2 Å². The number of benzene rings is 1. The zero-order valence-corrected chi connectivity index (χ0v) is 11.6. The Bertz CT molecular complexity index is 414. The minimum atomic E-state index is -0.716. The molecule has 0 saturated heterocycles. The van der Waals surface area contributed by atoms with Crippen LogP contribution in [0.2, 0.25) is 0 Å².